The third kappa shape index (κ3) is 7.09. The summed E-state index contributed by atoms with van der Waals surface area (Å²) in [6.45, 7) is 6.26. The van der Waals surface area contributed by atoms with Gasteiger partial charge in [-0.05, 0) is 68.1 Å². The maximum Gasteiger partial charge on any atom is 0.402 e. The SMILES string of the molecule is CC(C)CCOc1ccc(-c2nc(-c3cc(CNC(=O)C(C)(C)C(F)(F)F)ccc3Cl)[nH]c(=O)n2)cc1. The number of aromatic nitrogens is 3. The van der Waals surface area contributed by atoms with E-state index in [-0.39, 0.29) is 23.2 Å². The van der Waals surface area contributed by atoms with E-state index < -0.39 is 23.2 Å². The normalized spacial score (nSPS) is 12.0. The minimum absolute atomic E-state index is 0.126. The van der Waals surface area contributed by atoms with Gasteiger partial charge < -0.3 is 10.1 Å². The van der Waals surface area contributed by atoms with Gasteiger partial charge in [-0.15, -0.1) is 0 Å². The van der Waals surface area contributed by atoms with Gasteiger partial charge in [0, 0.05) is 17.7 Å². The van der Waals surface area contributed by atoms with E-state index in [1.54, 1.807) is 30.3 Å². The second-order valence-corrected chi connectivity index (χ2v) is 9.91. The van der Waals surface area contributed by atoms with Crippen LogP contribution in [0.1, 0.15) is 39.7 Å². The second-order valence-electron chi connectivity index (χ2n) is 9.50. The molecule has 2 N–H and O–H groups in total. The number of alkyl halides is 3. The van der Waals surface area contributed by atoms with Crippen LogP contribution in [0, 0.1) is 11.3 Å². The quantitative estimate of drug-likeness (QED) is 0.361. The summed E-state index contributed by atoms with van der Waals surface area (Å²) in [7, 11) is 0. The minimum Gasteiger partial charge on any atom is -0.494 e. The van der Waals surface area contributed by atoms with Crippen LogP contribution in [0.2, 0.25) is 5.02 Å². The van der Waals surface area contributed by atoms with E-state index in [9.17, 15) is 22.8 Å². The molecule has 0 fully saturated rings. The lowest BCUT2D eigenvalue weighted by molar-refractivity contribution is -0.211. The monoisotopic (exact) mass is 536 g/mol. The molecule has 198 valence electrons. The number of halogens is 4. The Kier molecular flexibility index (Phi) is 8.63. The summed E-state index contributed by atoms with van der Waals surface area (Å²) >= 11 is 6.33. The molecule has 11 heteroatoms. The van der Waals surface area contributed by atoms with Crippen molar-refractivity contribution in [1.82, 2.24) is 20.3 Å². The molecule has 0 unspecified atom stereocenters. The van der Waals surface area contributed by atoms with Gasteiger partial charge in [-0.25, -0.2) is 9.78 Å². The summed E-state index contributed by atoms with van der Waals surface area (Å²) < 4.78 is 45.1. The van der Waals surface area contributed by atoms with Crippen molar-refractivity contribution in [2.45, 2.75) is 46.8 Å². The van der Waals surface area contributed by atoms with Crippen molar-refractivity contribution < 1.29 is 22.7 Å². The first-order chi connectivity index (χ1) is 17.3. The molecule has 0 aliphatic heterocycles. The van der Waals surface area contributed by atoms with Gasteiger partial charge in [0.15, 0.2) is 5.82 Å². The Balaban J connectivity index is 1.82. The van der Waals surface area contributed by atoms with Crippen molar-refractivity contribution in [1.29, 1.82) is 0 Å². The highest BCUT2D eigenvalue weighted by atomic mass is 35.5. The number of nitrogens with one attached hydrogen (secondary N) is 2. The highest BCUT2D eigenvalue weighted by molar-refractivity contribution is 6.33. The van der Waals surface area contributed by atoms with E-state index >= 15 is 0 Å². The Hall–Kier alpha value is -3.40. The Morgan fingerprint density at radius 1 is 1.11 bits per heavy atom. The lowest BCUT2D eigenvalue weighted by Crippen LogP contribution is -2.46. The van der Waals surface area contributed by atoms with Gasteiger partial charge in [-0.3, -0.25) is 9.78 Å². The topological polar surface area (TPSA) is 97.0 Å². The molecule has 0 radical (unpaired) electrons. The van der Waals surface area contributed by atoms with Crippen LogP contribution in [0.15, 0.2) is 47.3 Å². The molecule has 2 aromatic carbocycles. The zero-order valence-corrected chi connectivity index (χ0v) is 21.6. The van der Waals surface area contributed by atoms with E-state index in [0.717, 1.165) is 20.3 Å². The van der Waals surface area contributed by atoms with Gasteiger partial charge in [-0.2, -0.15) is 18.2 Å². The van der Waals surface area contributed by atoms with Gasteiger partial charge in [0.2, 0.25) is 5.91 Å². The first kappa shape index (κ1) is 28.2. The lowest BCUT2D eigenvalue weighted by Gasteiger charge is -2.26. The molecule has 1 heterocycles. The number of hydrogen-bond donors (Lipinski definition) is 2. The Labute approximate surface area is 217 Å². The van der Waals surface area contributed by atoms with Crippen molar-refractivity contribution in [2.24, 2.45) is 11.3 Å². The summed E-state index contributed by atoms with van der Waals surface area (Å²) in [5, 5.41) is 2.55. The molecule has 1 amide bonds. The van der Waals surface area contributed by atoms with E-state index in [1.807, 2.05) is 0 Å². The fourth-order valence-corrected chi connectivity index (χ4v) is 3.36. The van der Waals surface area contributed by atoms with Crippen LogP contribution >= 0.6 is 11.6 Å². The van der Waals surface area contributed by atoms with Gasteiger partial charge in [0.25, 0.3) is 0 Å². The molecule has 1 aromatic heterocycles. The molecule has 0 bridgehead atoms. The summed E-state index contributed by atoms with van der Waals surface area (Å²) in [5.41, 5.74) is -1.83. The number of hydrogen-bond acceptors (Lipinski definition) is 5. The van der Waals surface area contributed by atoms with Crippen LogP contribution in [0.4, 0.5) is 13.2 Å². The number of aromatic amines is 1. The number of carbonyl (C=O) groups is 1. The molecule has 0 aliphatic carbocycles. The van der Waals surface area contributed by atoms with E-state index in [1.165, 1.54) is 12.1 Å². The predicted octanol–water partition coefficient (Wildman–Crippen LogP) is 5.78. The maximum absolute atomic E-state index is 13.1. The molecule has 0 saturated heterocycles. The number of benzene rings is 2. The largest absolute Gasteiger partial charge is 0.494 e. The Morgan fingerprint density at radius 2 is 1.78 bits per heavy atom. The lowest BCUT2D eigenvalue weighted by atomic mass is 9.91. The molecule has 0 atom stereocenters. The Bertz CT molecular complexity index is 1310. The number of amides is 1. The van der Waals surface area contributed by atoms with Crippen molar-refractivity contribution in [3.8, 4) is 28.5 Å². The highest BCUT2D eigenvalue weighted by Crippen LogP contribution is 2.37. The summed E-state index contributed by atoms with van der Waals surface area (Å²) in [6, 6.07) is 11.6. The van der Waals surface area contributed by atoms with Gasteiger partial charge >= 0.3 is 11.9 Å². The minimum atomic E-state index is -4.70. The molecule has 0 aliphatic rings. The first-order valence-electron chi connectivity index (χ1n) is 11.6. The number of nitrogens with zero attached hydrogens (tertiary/aromatic N) is 2. The molecule has 37 heavy (non-hydrogen) atoms. The number of ether oxygens (including phenoxy) is 1. The summed E-state index contributed by atoms with van der Waals surface area (Å²) in [6.07, 6.45) is -3.77. The van der Waals surface area contributed by atoms with E-state index in [0.29, 0.717) is 35.0 Å². The van der Waals surface area contributed by atoms with Gasteiger partial charge in [0.1, 0.15) is 17.0 Å². The fourth-order valence-electron chi connectivity index (χ4n) is 3.15. The smallest absolute Gasteiger partial charge is 0.402 e. The maximum atomic E-state index is 13.1. The van der Waals surface area contributed by atoms with Crippen LogP contribution in [0.3, 0.4) is 0 Å². The first-order valence-corrected chi connectivity index (χ1v) is 12.0. The number of H-pyrrole nitrogens is 1. The number of rotatable bonds is 9. The summed E-state index contributed by atoms with van der Waals surface area (Å²) in [4.78, 5) is 35.3. The predicted molar refractivity (Wildman–Crippen MR) is 135 cm³/mol. The molecule has 7 nitrogen and oxygen atoms in total. The van der Waals surface area contributed by atoms with Crippen LogP contribution < -0.4 is 15.7 Å². The van der Waals surface area contributed by atoms with Crippen LogP contribution in [-0.2, 0) is 11.3 Å². The molecule has 3 aromatic rings. The molecular formula is C26H28ClF3N4O3. The molecular weight excluding hydrogens is 509 g/mol. The van der Waals surface area contributed by atoms with Crippen LogP contribution in [0.5, 0.6) is 5.75 Å². The van der Waals surface area contributed by atoms with E-state index in [2.05, 4.69) is 34.1 Å². The Morgan fingerprint density at radius 3 is 2.41 bits per heavy atom. The van der Waals surface area contributed by atoms with Crippen LogP contribution in [0.25, 0.3) is 22.8 Å². The fraction of sp³-hybridized carbons (Fsp3) is 0.385. The second kappa shape index (κ2) is 11.3. The van der Waals surface area contributed by atoms with Crippen molar-refractivity contribution in [3.05, 3.63) is 63.5 Å². The molecule has 3 rings (SSSR count). The van der Waals surface area contributed by atoms with Crippen molar-refractivity contribution in [2.75, 3.05) is 6.61 Å². The third-order valence-electron chi connectivity index (χ3n) is 5.74. The van der Waals surface area contributed by atoms with Crippen LogP contribution in [-0.4, -0.2) is 33.6 Å². The average molecular weight is 537 g/mol. The average Bonchev–Trinajstić information content (AvgIpc) is 2.82. The van der Waals surface area contributed by atoms with Gasteiger partial charge in [0.05, 0.1) is 11.6 Å². The van der Waals surface area contributed by atoms with Gasteiger partial charge in [-0.1, -0.05) is 31.5 Å². The zero-order chi connectivity index (χ0) is 27.4. The molecule has 0 saturated carbocycles. The number of carbonyl (C=O) groups excluding carboxylic acids is 1. The van der Waals surface area contributed by atoms with Crippen molar-refractivity contribution >= 4 is 17.5 Å². The summed E-state index contributed by atoms with van der Waals surface area (Å²) in [5.74, 6) is 0.331. The van der Waals surface area contributed by atoms with Crippen molar-refractivity contribution in [3.63, 3.8) is 0 Å². The van der Waals surface area contributed by atoms with E-state index in [4.69, 9.17) is 16.3 Å². The standard InChI is InChI=1S/C26H28ClF3N4O3/c1-15(2)11-12-37-18-8-6-17(7-9-18)21-32-22(34-24(36)33-21)19-13-16(5-10-20(19)27)14-31-23(35)25(3,4)26(28,29)30/h5-10,13,15H,11-12,14H2,1-4H3,(H,31,35)(H,32,33,34,36). The zero-order valence-electron chi connectivity index (χ0n) is 20.9. The molecule has 0 spiro atoms. The highest BCUT2D eigenvalue weighted by Gasteiger charge is 2.52. The third-order valence-corrected chi connectivity index (χ3v) is 6.07.